The summed E-state index contributed by atoms with van der Waals surface area (Å²) in [5, 5.41) is 19.7. The minimum absolute atomic E-state index is 0.0252. The van der Waals surface area contributed by atoms with E-state index in [2.05, 4.69) is 11.3 Å². The Morgan fingerprint density at radius 1 is 1.39 bits per heavy atom. The molecule has 0 spiro atoms. The second-order valence-corrected chi connectivity index (χ2v) is 9.63. The number of nitrogens with one attached hydrogen (secondary N) is 1. The average molecular weight is 498 g/mol. The molecule has 176 valence electrons. The minimum atomic E-state index is -4.35. The van der Waals surface area contributed by atoms with Crippen LogP contribution in [0.5, 0.6) is 5.75 Å². The van der Waals surface area contributed by atoms with E-state index in [-0.39, 0.29) is 28.8 Å². The van der Waals surface area contributed by atoms with Crippen LogP contribution in [0, 0.1) is 0 Å². The third-order valence-electron chi connectivity index (χ3n) is 4.86. The quantitative estimate of drug-likeness (QED) is 0.359. The second-order valence-electron chi connectivity index (χ2n) is 6.90. The van der Waals surface area contributed by atoms with Gasteiger partial charge < -0.3 is 19.5 Å². The molecule has 2 aromatic carbocycles. The number of benzene rings is 2. The summed E-state index contributed by atoms with van der Waals surface area (Å²) in [6.07, 6.45) is 1.68. The molecular formula is C20H19N2O9S2-. The number of fused-ring (bicyclic) bond motifs is 1. The van der Waals surface area contributed by atoms with Crippen molar-refractivity contribution < 1.29 is 41.7 Å². The Morgan fingerprint density at radius 2 is 2.06 bits per heavy atom. The Hall–Kier alpha value is -3.26. The van der Waals surface area contributed by atoms with Crippen LogP contribution in [0.3, 0.4) is 0 Å². The molecule has 33 heavy (non-hydrogen) atoms. The molecule has 2 atom stereocenters. The Labute approximate surface area is 191 Å². The first-order valence-corrected chi connectivity index (χ1v) is 11.9. The molecule has 3 N–H and O–H groups in total. The standard InChI is InChI=1S/C20H20N2O9S2/c1-2-7-31-20(26)22-11-13(32(27)28)8-12(22)10-21-33(29,30)17-9-16(19(24)25)18(23)15-6-4-3-5-14(15)17/h2-6,8-9,12,21,23H,1,7,10-11H2,(H,24,25)(H,27,28)/p-1/t12-/m0/s1/i19+2. The fourth-order valence-corrected chi connectivity index (χ4v) is 5.12. The zero-order valence-electron chi connectivity index (χ0n) is 17.0. The molecule has 1 aliphatic rings. The van der Waals surface area contributed by atoms with Crippen LogP contribution in [0.15, 0.2) is 58.9 Å². The third-order valence-corrected chi connectivity index (χ3v) is 7.02. The van der Waals surface area contributed by atoms with E-state index in [0.29, 0.717) is 0 Å². The van der Waals surface area contributed by atoms with Crippen LogP contribution < -0.4 is 4.72 Å². The zero-order chi connectivity index (χ0) is 24.3. The van der Waals surface area contributed by atoms with Crippen LogP contribution in [0.2, 0.25) is 0 Å². The molecule has 3 rings (SSSR count). The number of carbonyl (C=O) groups excluding carboxylic acids is 1. The highest BCUT2D eigenvalue weighted by Crippen LogP contribution is 2.34. The number of nitrogens with zero attached hydrogens (tertiary/aromatic N) is 1. The van der Waals surface area contributed by atoms with Gasteiger partial charge in [0.2, 0.25) is 10.0 Å². The smallest absolute Gasteiger partial charge is 0.410 e. The van der Waals surface area contributed by atoms with Gasteiger partial charge in [0.15, 0.2) is 0 Å². The predicted octanol–water partition coefficient (Wildman–Crippen LogP) is 1.29. The summed E-state index contributed by atoms with van der Waals surface area (Å²) in [7, 11) is -4.35. The summed E-state index contributed by atoms with van der Waals surface area (Å²) < 4.78 is 56.1. The number of amides is 1. The molecule has 2 aromatic rings. The number of carboxylic acid groups (broad SMARTS) is 1. The van der Waals surface area contributed by atoms with Crippen molar-refractivity contribution in [3.63, 3.8) is 0 Å². The fourth-order valence-electron chi connectivity index (χ4n) is 3.32. The van der Waals surface area contributed by atoms with Crippen molar-refractivity contribution in [2.75, 3.05) is 19.7 Å². The number of hydrogen-bond acceptors (Lipinski definition) is 8. The average Bonchev–Trinajstić information content (AvgIpc) is 3.21. The van der Waals surface area contributed by atoms with Crippen molar-refractivity contribution in [2.45, 2.75) is 10.9 Å². The lowest BCUT2D eigenvalue weighted by molar-refractivity contribution is 0.0693. The number of aromatic carboxylic acids is 1. The van der Waals surface area contributed by atoms with Gasteiger partial charge >= 0.3 is 12.1 Å². The molecule has 1 aliphatic heterocycles. The molecular weight excluding hydrogens is 478 g/mol. The molecule has 0 aliphatic carbocycles. The van der Waals surface area contributed by atoms with Crippen molar-refractivity contribution in [1.82, 2.24) is 9.62 Å². The van der Waals surface area contributed by atoms with Crippen LogP contribution >= 0.6 is 0 Å². The lowest BCUT2D eigenvalue weighted by Crippen LogP contribution is -2.43. The van der Waals surface area contributed by atoms with Gasteiger partial charge in [-0.15, -0.1) is 0 Å². The van der Waals surface area contributed by atoms with E-state index < -0.39 is 62.0 Å². The Morgan fingerprint density at radius 3 is 2.67 bits per heavy atom. The molecule has 1 unspecified atom stereocenters. The molecule has 0 bridgehead atoms. The molecule has 0 aromatic heterocycles. The maximum atomic E-state index is 13.1. The Kier molecular flexibility index (Phi) is 7.17. The van der Waals surface area contributed by atoms with Gasteiger partial charge in [-0.2, -0.15) is 0 Å². The highest BCUT2D eigenvalue weighted by atomic mass is 32.2. The first kappa shape index (κ1) is 24.4. The molecule has 1 amide bonds. The van der Waals surface area contributed by atoms with E-state index in [9.17, 15) is 37.0 Å². The van der Waals surface area contributed by atoms with Crippen LogP contribution in [-0.2, 0) is 25.8 Å². The van der Waals surface area contributed by atoms with E-state index in [1.807, 2.05) is 0 Å². The number of carbonyl (C=O) groups is 2. The fraction of sp³-hybridized carbons (Fsp3) is 0.200. The maximum Gasteiger partial charge on any atom is 0.410 e. The van der Waals surface area contributed by atoms with Crippen molar-refractivity contribution in [1.29, 1.82) is 0 Å². The van der Waals surface area contributed by atoms with E-state index in [4.69, 9.17) is 4.74 Å². The van der Waals surface area contributed by atoms with E-state index in [1.54, 1.807) is 0 Å². The van der Waals surface area contributed by atoms with Crippen LogP contribution in [-0.4, -0.2) is 70.1 Å². The first-order chi connectivity index (χ1) is 15.6. The summed E-state index contributed by atoms with van der Waals surface area (Å²) >= 11 is -2.62. The number of carboxylic acids is 1. The topological polar surface area (TPSA) is 173 Å². The van der Waals surface area contributed by atoms with Gasteiger partial charge in [0.25, 0.3) is 0 Å². The van der Waals surface area contributed by atoms with Gasteiger partial charge in [-0.1, -0.05) is 36.9 Å². The van der Waals surface area contributed by atoms with Crippen molar-refractivity contribution >= 4 is 43.9 Å². The molecule has 0 saturated heterocycles. The van der Waals surface area contributed by atoms with E-state index in [0.717, 1.165) is 11.0 Å². The number of ether oxygens (including phenoxy) is 1. The monoisotopic (exact) mass is 497 g/mol. The predicted molar refractivity (Wildman–Crippen MR) is 117 cm³/mol. The van der Waals surface area contributed by atoms with Gasteiger partial charge in [-0.05, 0) is 23.2 Å². The Bertz CT molecular complexity index is 1290. The minimum Gasteiger partial charge on any atom is -0.769 e. The summed E-state index contributed by atoms with van der Waals surface area (Å²) in [5.74, 6) is -2.10. The van der Waals surface area contributed by atoms with Gasteiger partial charge in [0.05, 0.1) is 17.5 Å². The van der Waals surface area contributed by atoms with E-state index in [1.165, 1.54) is 36.4 Å². The van der Waals surface area contributed by atoms with Crippen molar-refractivity contribution in [2.24, 2.45) is 0 Å². The normalized spacial score (nSPS) is 16.9. The Balaban J connectivity index is 1.94. The third kappa shape index (κ3) is 5.06. The maximum absolute atomic E-state index is 13.1. The van der Waals surface area contributed by atoms with Crippen LogP contribution in [0.4, 0.5) is 4.79 Å². The van der Waals surface area contributed by atoms with Crippen LogP contribution in [0.25, 0.3) is 10.8 Å². The molecule has 0 radical (unpaired) electrons. The summed E-state index contributed by atoms with van der Waals surface area (Å²) in [6.45, 7) is 2.58. The van der Waals surface area contributed by atoms with E-state index >= 15 is 0 Å². The molecule has 0 fully saturated rings. The molecule has 11 nitrogen and oxygen atoms in total. The summed E-state index contributed by atoms with van der Waals surface area (Å²) in [6, 6.07) is 5.67. The van der Waals surface area contributed by atoms with Crippen molar-refractivity contribution in [3.05, 3.63) is 59.5 Å². The highest BCUT2D eigenvalue weighted by molar-refractivity contribution is 7.89. The van der Waals surface area contributed by atoms with Crippen LogP contribution in [0.1, 0.15) is 10.4 Å². The van der Waals surface area contributed by atoms with Crippen molar-refractivity contribution in [3.8, 4) is 5.75 Å². The molecule has 0 saturated carbocycles. The SMILES string of the molecule is C=CCOC(=O)N1CC(S(=O)[O-])=C[C@H]1CNS(=O)(=O)c1cc([14C](=O)O)c(O)c2ccccc12. The number of phenols is 1. The highest BCUT2D eigenvalue weighted by Gasteiger charge is 2.32. The summed E-state index contributed by atoms with van der Waals surface area (Å²) in [4.78, 5) is 24.3. The van der Waals surface area contributed by atoms with Gasteiger partial charge in [-0.3, -0.25) is 9.11 Å². The van der Waals surface area contributed by atoms with Gasteiger partial charge in [0.1, 0.15) is 17.9 Å². The first-order valence-electron chi connectivity index (χ1n) is 9.38. The largest absolute Gasteiger partial charge is 0.769 e. The lowest BCUT2D eigenvalue weighted by Gasteiger charge is -2.24. The summed E-state index contributed by atoms with van der Waals surface area (Å²) in [5.41, 5.74) is -0.603. The number of hydrogen-bond donors (Lipinski definition) is 3. The van der Waals surface area contributed by atoms with Gasteiger partial charge in [0, 0.05) is 22.2 Å². The molecule has 13 heteroatoms. The second kappa shape index (κ2) is 9.70. The van der Waals surface area contributed by atoms with Gasteiger partial charge in [-0.25, -0.2) is 22.7 Å². The number of rotatable bonds is 8. The number of sulfonamides is 1. The molecule has 1 heterocycles. The number of aromatic hydroxyl groups is 1. The lowest BCUT2D eigenvalue weighted by atomic mass is 10.1. The zero-order valence-corrected chi connectivity index (χ0v) is 18.6.